The Morgan fingerprint density at radius 3 is 2.46 bits per heavy atom. The molecule has 2 aromatic heterocycles. The van der Waals surface area contributed by atoms with Crippen LogP contribution in [0, 0.1) is 13.8 Å². The number of ether oxygens (including phenoxy) is 2. The molecule has 214 valence electrons. The van der Waals surface area contributed by atoms with Gasteiger partial charge in [0.25, 0.3) is 5.91 Å². The Bertz CT molecular complexity index is 1620. The van der Waals surface area contributed by atoms with E-state index in [1.807, 2.05) is 57.5 Å². The van der Waals surface area contributed by atoms with Crippen LogP contribution in [0.1, 0.15) is 48.0 Å². The zero-order valence-electron chi connectivity index (χ0n) is 24.4. The summed E-state index contributed by atoms with van der Waals surface area (Å²) in [7, 11) is 3.38. The van der Waals surface area contributed by atoms with Crippen molar-refractivity contribution in [3.8, 4) is 39.6 Å². The number of aryl methyl sites for hydroxylation is 2. The molecule has 1 amide bonds. The minimum absolute atomic E-state index is 0.180. The molecule has 1 aliphatic heterocycles. The third-order valence-corrected chi connectivity index (χ3v) is 7.24. The second kappa shape index (κ2) is 10.5. The van der Waals surface area contributed by atoms with Crippen LogP contribution in [0.4, 0.5) is 5.69 Å². The van der Waals surface area contributed by atoms with Crippen molar-refractivity contribution in [2.24, 2.45) is 5.73 Å². The number of anilines is 1. The molecule has 0 fully saturated rings. The number of benzene rings is 2. The largest absolute Gasteiger partial charge is 0.496 e. The zero-order chi connectivity index (χ0) is 29.6. The van der Waals surface area contributed by atoms with Crippen LogP contribution in [0.15, 0.2) is 48.8 Å². The third-order valence-electron chi connectivity index (χ3n) is 7.24. The SMILES string of the molecule is COc1cc2c(cc1-c1cncc(NC(N)O)c1)-c1c(c(C(=O)N(C)C(C)(C)C)nn1-c1cc(C)cc(C)c1)CO2. The predicted octanol–water partition coefficient (Wildman–Crippen LogP) is 4.64. The Kier molecular flexibility index (Phi) is 7.23. The summed E-state index contributed by atoms with van der Waals surface area (Å²) < 4.78 is 13.8. The predicted molar refractivity (Wildman–Crippen MR) is 158 cm³/mol. The normalized spacial score (nSPS) is 13.1. The smallest absolute Gasteiger partial charge is 0.274 e. The number of rotatable bonds is 6. The number of carbonyl (C=O) groups is 1. The highest BCUT2D eigenvalue weighted by Gasteiger charge is 2.34. The van der Waals surface area contributed by atoms with Crippen molar-refractivity contribution in [2.75, 3.05) is 19.5 Å². The van der Waals surface area contributed by atoms with E-state index in [0.29, 0.717) is 28.4 Å². The lowest BCUT2D eigenvalue weighted by Crippen LogP contribution is -2.43. The van der Waals surface area contributed by atoms with Gasteiger partial charge in [-0.05, 0) is 70.0 Å². The molecular formula is C31H36N6O4. The second-order valence-electron chi connectivity index (χ2n) is 11.4. The van der Waals surface area contributed by atoms with Gasteiger partial charge in [-0.25, -0.2) is 4.68 Å². The zero-order valence-corrected chi connectivity index (χ0v) is 24.4. The summed E-state index contributed by atoms with van der Waals surface area (Å²) in [6.45, 7) is 10.2. The lowest BCUT2D eigenvalue weighted by molar-refractivity contribution is 0.0646. The number of fused-ring (bicyclic) bond motifs is 3. The van der Waals surface area contributed by atoms with E-state index in [2.05, 4.69) is 28.5 Å². The highest BCUT2D eigenvalue weighted by Crippen LogP contribution is 2.46. The first-order valence-electron chi connectivity index (χ1n) is 13.4. The van der Waals surface area contributed by atoms with Crippen LogP contribution in [0.25, 0.3) is 28.1 Å². The van der Waals surface area contributed by atoms with Crippen LogP contribution < -0.4 is 20.5 Å². The number of hydrogen-bond donors (Lipinski definition) is 3. The van der Waals surface area contributed by atoms with Crippen molar-refractivity contribution in [3.05, 3.63) is 71.2 Å². The summed E-state index contributed by atoms with van der Waals surface area (Å²) in [5.74, 6) is 1.02. The van der Waals surface area contributed by atoms with E-state index in [4.69, 9.17) is 20.3 Å². The van der Waals surface area contributed by atoms with Crippen molar-refractivity contribution < 1.29 is 19.4 Å². The number of nitrogens with zero attached hydrogens (tertiary/aromatic N) is 4. The van der Waals surface area contributed by atoms with E-state index in [1.165, 1.54) is 0 Å². The fourth-order valence-electron chi connectivity index (χ4n) is 5.01. The van der Waals surface area contributed by atoms with Gasteiger partial charge in [0.1, 0.15) is 18.1 Å². The van der Waals surface area contributed by atoms with Gasteiger partial charge in [-0.15, -0.1) is 0 Å². The molecule has 10 heteroatoms. The average molecular weight is 557 g/mol. The highest BCUT2D eigenvalue weighted by molar-refractivity contribution is 5.97. The summed E-state index contributed by atoms with van der Waals surface area (Å²) in [5, 5.41) is 17.3. The van der Waals surface area contributed by atoms with E-state index in [9.17, 15) is 9.90 Å². The standard InChI is InChI=1S/C31H36N6O4/c1-17-8-18(2)10-21(9-17)37-28-23-12-22(19-11-20(15-33-14-19)34-30(32)39)25(40-7)13-26(23)41-16-24(28)27(35-37)29(38)36(6)31(3,4)5/h8-15,30,34,39H,16,32H2,1-7H3. The average Bonchev–Trinajstić information content (AvgIpc) is 3.30. The van der Waals surface area contributed by atoms with Gasteiger partial charge >= 0.3 is 0 Å². The molecule has 3 heterocycles. The maximum atomic E-state index is 13.8. The number of nitrogens with one attached hydrogen (secondary N) is 1. The van der Waals surface area contributed by atoms with Crippen molar-refractivity contribution in [3.63, 3.8) is 0 Å². The molecule has 10 nitrogen and oxygen atoms in total. The Hall–Kier alpha value is -4.41. The number of hydrogen-bond acceptors (Lipinski definition) is 8. The highest BCUT2D eigenvalue weighted by atomic mass is 16.5. The molecule has 1 unspecified atom stereocenters. The molecule has 4 aromatic rings. The number of pyridine rings is 1. The molecule has 2 aromatic carbocycles. The Morgan fingerprint density at radius 2 is 1.83 bits per heavy atom. The Morgan fingerprint density at radius 1 is 1.12 bits per heavy atom. The van der Waals surface area contributed by atoms with Crippen LogP contribution in [-0.4, -0.2) is 56.7 Å². The summed E-state index contributed by atoms with van der Waals surface area (Å²) in [5.41, 5.74) is 12.8. The van der Waals surface area contributed by atoms with Crippen molar-refractivity contribution >= 4 is 11.6 Å². The number of nitrogens with two attached hydrogens (primary N) is 1. The Balaban J connectivity index is 1.76. The van der Waals surface area contributed by atoms with Crippen LogP contribution in [0.2, 0.25) is 0 Å². The lowest BCUT2D eigenvalue weighted by atomic mass is 9.96. The maximum Gasteiger partial charge on any atom is 0.274 e. The topological polar surface area (TPSA) is 128 Å². The number of aromatic nitrogens is 3. The molecule has 1 aliphatic rings. The number of amides is 1. The van der Waals surface area contributed by atoms with Gasteiger partial charge in [0, 0.05) is 47.1 Å². The van der Waals surface area contributed by atoms with Gasteiger partial charge in [0.05, 0.1) is 30.4 Å². The van der Waals surface area contributed by atoms with E-state index in [-0.39, 0.29) is 12.5 Å². The van der Waals surface area contributed by atoms with Gasteiger partial charge < -0.3 is 24.8 Å². The molecule has 0 saturated carbocycles. The maximum absolute atomic E-state index is 13.8. The molecule has 41 heavy (non-hydrogen) atoms. The van der Waals surface area contributed by atoms with Crippen molar-refractivity contribution in [1.29, 1.82) is 0 Å². The van der Waals surface area contributed by atoms with E-state index >= 15 is 0 Å². The molecule has 4 N–H and O–H groups in total. The second-order valence-corrected chi connectivity index (χ2v) is 11.4. The quantitative estimate of drug-likeness (QED) is 0.293. The minimum atomic E-state index is -1.23. The Labute approximate surface area is 239 Å². The summed E-state index contributed by atoms with van der Waals surface area (Å²) in [6.07, 6.45) is 2.05. The molecule has 0 radical (unpaired) electrons. The number of aliphatic hydroxyl groups excluding tert-OH is 1. The molecule has 0 saturated heterocycles. The van der Waals surface area contributed by atoms with E-state index < -0.39 is 11.9 Å². The molecular weight excluding hydrogens is 520 g/mol. The van der Waals surface area contributed by atoms with Crippen LogP contribution >= 0.6 is 0 Å². The summed E-state index contributed by atoms with van der Waals surface area (Å²) >= 11 is 0. The third kappa shape index (κ3) is 5.36. The van der Waals surface area contributed by atoms with Crippen LogP contribution in [0.3, 0.4) is 0 Å². The first-order valence-corrected chi connectivity index (χ1v) is 13.4. The molecule has 0 bridgehead atoms. The van der Waals surface area contributed by atoms with Crippen molar-refractivity contribution in [1.82, 2.24) is 19.7 Å². The number of carbonyl (C=O) groups excluding carboxylic acids is 1. The van der Waals surface area contributed by atoms with Gasteiger partial charge in [-0.2, -0.15) is 5.10 Å². The molecule has 1 atom stereocenters. The summed E-state index contributed by atoms with van der Waals surface area (Å²) in [4.78, 5) is 19.8. The number of aliphatic hydroxyl groups is 1. The lowest BCUT2D eigenvalue weighted by Gasteiger charge is -2.31. The number of methoxy groups -OCH3 is 1. The summed E-state index contributed by atoms with van der Waals surface area (Å²) in [6, 6.07) is 11.8. The van der Waals surface area contributed by atoms with Gasteiger partial charge in [-0.1, -0.05) is 6.07 Å². The fourth-order valence-corrected chi connectivity index (χ4v) is 5.01. The fraction of sp³-hybridized carbons (Fsp3) is 0.323. The first kappa shape index (κ1) is 28.1. The van der Waals surface area contributed by atoms with E-state index in [1.54, 1.807) is 31.5 Å². The monoisotopic (exact) mass is 556 g/mol. The van der Waals surface area contributed by atoms with Gasteiger partial charge in [0.2, 0.25) is 0 Å². The van der Waals surface area contributed by atoms with Gasteiger partial charge in [0.15, 0.2) is 12.0 Å². The van der Waals surface area contributed by atoms with Crippen molar-refractivity contribution in [2.45, 2.75) is 53.1 Å². The first-order chi connectivity index (χ1) is 19.4. The molecule has 5 rings (SSSR count). The van der Waals surface area contributed by atoms with E-state index in [0.717, 1.165) is 39.2 Å². The minimum Gasteiger partial charge on any atom is -0.496 e. The van der Waals surface area contributed by atoms with Crippen LogP contribution in [0.5, 0.6) is 11.5 Å². The molecule has 0 aliphatic carbocycles. The van der Waals surface area contributed by atoms with Gasteiger partial charge in [-0.3, -0.25) is 15.5 Å². The van der Waals surface area contributed by atoms with Crippen LogP contribution in [-0.2, 0) is 6.61 Å². The molecule has 0 spiro atoms.